The van der Waals surface area contributed by atoms with Crippen LogP contribution in [0.2, 0.25) is 0 Å². The molecular formula is C15H19N3O4S. The van der Waals surface area contributed by atoms with Crippen molar-refractivity contribution >= 4 is 23.7 Å². The zero-order valence-corrected chi connectivity index (χ0v) is 13.6. The van der Waals surface area contributed by atoms with Gasteiger partial charge in [-0.15, -0.1) is 11.8 Å². The molecule has 3 rings (SSSR count). The first kappa shape index (κ1) is 15.8. The van der Waals surface area contributed by atoms with Gasteiger partial charge in [0.25, 0.3) is 0 Å². The van der Waals surface area contributed by atoms with Crippen molar-refractivity contribution in [3.05, 3.63) is 23.8 Å². The Morgan fingerprint density at radius 3 is 3.09 bits per heavy atom. The number of carbonyl (C=O) groups excluding carboxylic acids is 2. The minimum absolute atomic E-state index is 0.0416. The molecule has 3 amide bonds. The number of ether oxygens (including phenoxy) is 2. The van der Waals surface area contributed by atoms with Crippen molar-refractivity contribution in [3.8, 4) is 11.5 Å². The molecule has 3 N–H and O–H groups in total. The smallest absolute Gasteiger partial charge is 0.315 e. The van der Waals surface area contributed by atoms with E-state index >= 15 is 0 Å². The van der Waals surface area contributed by atoms with Gasteiger partial charge in [0, 0.05) is 19.0 Å². The molecule has 0 saturated carbocycles. The van der Waals surface area contributed by atoms with Crippen molar-refractivity contribution in [1.29, 1.82) is 0 Å². The summed E-state index contributed by atoms with van der Waals surface area (Å²) in [5.41, 5.74) is 0.955. The van der Waals surface area contributed by atoms with Gasteiger partial charge < -0.3 is 25.4 Å². The number of benzene rings is 1. The second-order valence-electron chi connectivity index (χ2n) is 5.53. The van der Waals surface area contributed by atoms with Crippen molar-refractivity contribution in [3.63, 3.8) is 0 Å². The van der Waals surface area contributed by atoms with Gasteiger partial charge in [-0.25, -0.2) is 4.79 Å². The summed E-state index contributed by atoms with van der Waals surface area (Å²) in [6.07, 6.45) is 0. The first-order valence-electron chi connectivity index (χ1n) is 7.43. The Bertz CT molecular complexity index is 610. The van der Waals surface area contributed by atoms with Gasteiger partial charge in [-0.1, -0.05) is 13.0 Å². The van der Waals surface area contributed by atoms with Crippen LogP contribution in [0.15, 0.2) is 18.2 Å². The lowest BCUT2D eigenvalue weighted by Gasteiger charge is -2.29. The number of fused-ring (bicyclic) bond motifs is 1. The molecule has 1 aromatic rings. The molecule has 23 heavy (non-hydrogen) atoms. The van der Waals surface area contributed by atoms with E-state index in [-0.39, 0.29) is 30.0 Å². The van der Waals surface area contributed by atoms with E-state index in [1.807, 2.05) is 25.1 Å². The minimum Gasteiger partial charge on any atom is -0.454 e. The van der Waals surface area contributed by atoms with Crippen LogP contribution in [-0.2, 0) is 11.3 Å². The number of urea groups is 1. The highest BCUT2D eigenvalue weighted by atomic mass is 32.2. The number of hydrogen-bond donors (Lipinski definition) is 3. The van der Waals surface area contributed by atoms with Gasteiger partial charge in [-0.3, -0.25) is 4.79 Å². The van der Waals surface area contributed by atoms with Crippen molar-refractivity contribution in [2.75, 3.05) is 19.1 Å². The summed E-state index contributed by atoms with van der Waals surface area (Å²) in [6.45, 7) is 3.34. The monoisotopic (exact) mass is 337 g/mol. The summed E-state index contributed by atoms with van der Waals surface area (Å²) in [7, 11) is 0. The van der Waals surface area contributed by atoms with Gasteiger partial charge in [0.2, 0.25) is 12.7 Å². The predicted molar refractivity (Wildman–Crippen MR) is 86.4 cm³/mol. The Morgan fingerprint density at radius 2 is 2.22 bits per heavy atom. The van der Waals surface area contributed by atoms with Gasteiger partial charge in [-0.05, 0) is 17.7 Å². The Balaban J connectivity index is 1.43. The highest BCUT2D eigenvalue weighted by Crippen LogP contribution is 2.32. The number of rotatable bonds is 5. The molecule has 2 heterocycles. The molecule has 2 aliphatic rings. The van der Waals surface area contributed by atoms with E-state index in [9.17, 15) is 9.59 Å². The molecule has 0 spiro atoms. The third kappa shape index (κ3) is 4.01. The molecular weight excluding hydrogens is 318 g/mol. The largest absolute Gasteiger partial charge is 0.454 e. The molecule has 0 radical (unpaired) electrons. The maximum Gasteiger partial charge on any atom is 0.315 e. The van der Waals surface area contributed by atoms with E-state index in [1.165, 1.54) is 11.8 Å². The first-order chi connectivity index (χ1) is 11.1. The quantitative estimate of drug-likeness (QED) is 0.747. The van der Waals surface area contributed by atoms with Gasteiger partial charge in [0.1, 0.15) is 0 Å². The number of amides is 3. The third-order valence-corrected chi connectivity index (χ3v) is 5.07. The van der Waals surface area contributed by atoms with E-state index in [4.69, 9.17) is 9.47 Å². The van der Waals surface area contributed by atoms with Crippen LogP contribution in [0.3, 0.4) is 0 Å². The summed E-state index contributed by atoms with van der Waals surface area (Å²) in [4.78, 5) is 23.3. The maximum absolute atomic E-state index is 12.0. The lowest BCUT2D eigenvalue weighted by atomic mass is 10.1. The van der Waals surface area contributed by atoms with Crippen LogP contribution < -0.4 is 25.4 Å². The molecule has 2 atom stereocenters. The lowest BCUT2D eigenvalue weighted by molar-refractivity contribution is -0.118. The molecule has 2 aliphatic heterocycles. The summed E-state index contributed by atoms with van der Waals surface area (Å²) in [5.74, 6) is 1.95. The second kappa shape index (κ2) is 6.99. The van der Waals surface area contributed by atoms with Gasteiger partial charge in [-0.2, -0.15) is 0 Å². The lowest BCUT2D eigenvalue weighted by Crippen LogP contribution is -2.52. The first-order valence-corrected chi connectivity index (χ1v) is 8.48. The molecule has 0 aromatic heterocycles. The summed E-state index contributed by atoms with van der Waals surface area (Å²) in [6, 6.07) is 5.42. The molecule has 124 valence electrons. The van der Waals surface area contributed by atoms with Gasteiger partial charge >= 0.3 is 6.03 Å². The van der Waals surface area contributed by atoms with E-state index in [2.05, 4.69) is 16.0 Å². The Morgan fingerprint density at radius 1 is 1.39 bits per heavy atom. The summed E-state index contributed by atoms with van der Waals surface area (Å²) in [5, 5.41) is 8.39. The van der Waals surface area contributed by atoms with Crippen molar-refractivity contribution in [1.82, 2.24) is 16.0 Å². The molecule has 2 unspecified atom stereocenters. The number of thioether (sulfide) groups is 1. The van der Waals surface area contributed by atoms with E-state index < -0.39 is 0 Å². The summed E-state index contributed by atoms with van der Waals surface area (Å²) < 4.78 is 10.6. The number of hydrogen-bond acceptors (Lipinski definition) is 5. The minimum atomic E-state index is -0.179. The SMILES string of the molecule is CC1CNC(=O)NC1SCC(=O)NCc1ccc2c(c1)OCO2. The average molecular weight is 337 g/mol. The Labute approximate surface area is 138 Å². The van der Waals surface area contributed by atoms with Crippen LogP contribution in [0, 0.1) is 5.92 Å². The zero-order chi connectivity index (χ0) is 16.2. The number of carbonyl (C=O) groups is 2. The molecule has 0 aliphatic carbocycles. The highest BCUT2D eigenvalue weighted by Gasteiger charge is 2.25. The second-order valence-corrected chi connectivity index (χ2v) is 6.66. The summed E-state index contributed by atoms with van der Waals surface area (Å²) >= 11 is 1.44. The molecule has 1 fully saturated rings. The number of nitrogens with one attached hydrogen (secondary N) is 3. The Hall–Kier alpha value is -2.09. The van der Waals surface area contributed by atoms with Crippen LogP contribution in [0.4, 0.5) is 4.79 Å². The molecule has 0 bridgehead atoms. The molecule has 7 nitrogen and oxygen atoms in total. The van der Waals surface area contributed by atoms with Crippen LogP contribution in [0.25, 0.3) is 0 Å². The standard InChI is InChI=1S/C15H19N3O4S/c1-9-5-17-15(20)18-14(9)23-7-13(19)16-6-10-2-3-11-12(4-10)22-8-21-11/h2-4,9,14H,5-8H2,1H3,(H,16,19)(H2,17,18,20). The van der Waals surface area contributed by atoms with Crippen LogP contribution >= 0.6 is 11.8 Å². The zero-order valence-electron chi connectivity index (χ0n) is 12.8. The third-order valence-electron chi connectivity index (χ3n) is 3.70. The van der Waals surface area contributed by atoms with Crippen molar-refractivity contribution in [2.24, 2.45) is 5.92 Å². The molecule has 1 saturated heterocycles. The van der Waals surface area contributed by atoms with Crippen molar-refractivity contribution < 1.29 is 19.1 Å². The normalized spacial score (nSPS) is 22.2. The average Bonchev–Trinajstić information content (AvgIpc) is 3.01. The Kier molecular flexibility index (Phi) is 4.80. The van der Waals surface area contributed by atoms with E-state index in [0.29, 0.717) is 24.6 Å². The van der Waals surface area contributed by atoms with Crippen LogP contribution in [0.5, 0.6) is 11.5 Å². The van der Waals surface area contributed by atoms with Crippen LogP contribution in [0.1, 0.15) is 12.5 Å². The fraction of sp³-hybridized carbons (Fsp3) is 0.467. The fourth-order valence-corrected chi connectivity index (χ4v) is 3.41. The molecule has 8 heteroatoms. The maximum atomic E-state index is 12.0. The van der Waals surface area contributed by atoms with E-state index in [0.717, 1.165) is 11.3 Å². The van der Waals surface area contributed by atoms with Gasteiger partial charge in [0.15, 0.2) is 11.5 Å². The topological polar surface area (TPSA) is 88.7 Å². The van der Waals surface area contributed by atoms with Gasteiger partial charge in [0.05, 0.1) is 11.1 Å². The fourth-order valence-electron chi connectivity index (χ4n) is 2.36. The van der Waals surface area contributed by atoms with Crippen molar-refractivity contribution in [2.45, 2.75) is 18.8 Å². The van der Waals surface area contributed by atoms with Crippen LogP contribution in [-0.4, -0.2) is 36.4 Å². The van der Waals surface area contributed by atoms with E-state index in [1.54, 1.807) is 0 Å². The highest BCUT2D eigenvalue weighted by molar-refractivity contribution is 8.00. The molecule has 1 aromatic carbocycles. The predicted octanol–water partition coefficient (Wildman–Crippen LogP) is 1.04.